The lowest BCUT2D eigenvalue weighted by Gasteiger charge is -2.19. The van der Waals surface area contributed by atoms with Gasteiger partial charge in [-0.25, -0.2) is 4.99 Å². The van der Waals surface area contributed by atoms with Gasteiger partial charge in [-0.1, -0.05) is 12.1 Å². The van der Waals surface area contributed by atoms with Crippen LogP contribution in [-0.4, -0.2) is 37.8 Å². The molecule has 148 valence electrons. The predicted octanol–water partition coefficient (Wildman–Crippen LogP) is 2.99. The highest BCUT2D eigenvalue weighted by Gasteiger charge is 2.26. The number of hydrogen-bond acceptors (Lipinski definition) is 4. The van der Waals surface area contributed by atoms with E-state index in [9.17, 15) is 5.11 Å². The van der Waals surface area contributed by atoms with Gasteiger partial charge in [-0.3, -0.25) is 0 Å². The minimum absolute atomic E-state index is 0.216. The van der Waals surface area contributed by atoms with Crippen LogP contribution in [-0.2, 0) is 12.0 Å². The lowest BCUT2D eigenvalue weighted by Crippen LogP contribution is -2.39. The molecule has 27 heavy (non-hydrogen) atoms. The van der Waals surface area contributed by atoms with Crippen LogP contribution < -0.4 is 15.4 Å². The van der Waals surface area contributed by atoms with Crippen LogP contribution in [0.3, 0.4) is 0 Å². The first kappa shape index (κ1) is 20.8. The lowest BCUT2D eigenvalue weighted by atomic mass is 10.0. The van der Waals surface area contributed by atoms with Gasteiger partial charge in [0.05, 0.1) is 13.7 Å². The third-order valence-corrected chi connectivity index (χ3v) is 4.25. The number of benzene rings is 1. The van der Waals surface area contributed by atoms with Gasteiger partial charge in [0.2, 0.25) is 0 Å². The maximum Gasteiger partial charge on any atom is 0.191 e. The van der Waals surface area contributed by atoms with Gasteiger partial charge in [-0.15, -0.1) is 0 Å². The van der Waals surface area contributed by atoms with Gasteiger partial charge < -0.3 is 24.9 Å². The third-order valence-electron chi connectivity index (χ3n) is 4.25. The molecule has 1 unspecified atom stereocenters. The van der Waals surface area contributed by atoms with Crippen LogP contribution >= 0.6 is 0 Å². The molecular weight excluding hydrogens is 342 g/mol. The number of nitrogens with one attached hydrogen (secondary N) is 2. The van der Waals surface area contributed by atoms with E-state index in [2.05, 4.69) is 27.8 Å². The molecule has 6 heteroatoms. The molecule has 1 atom stereocenters. The number of methoxy groups -OCH3 is 1. The van der Waals surface area contributed by atoms with Crippen LogP contribution in [0.15, 0.2) is 45.8 Å². The first-order valence-electron chi connectivity index (χ1n) is 9.39. The highest BCUT2D eigenvalue weighted by Crippen LogP contribution is 2.23. The van der Waals surface area contributed by atoms with Gasteiger partial charge in [0.1, 0.15) is 22.9 Å². The SMILES string of the molecule is CCNC(=NCC(C)(O)c1ccc(C)o1)NCCCc1ccc(OC)cc1. The van der Waals surface area contributed by atoms with Crippen molar-refractivity contribution in [2.45, 2.75) is 39.2 Å². The van der Waals surface area contributed by atoms with Gasteiger partial charge in [0, 0.05) is 13.1 Å². The minimum Gasteiger partial charge on any atom is -0.497 e. The van der Waals surface area contributed by atoms with E-state index >= 15 is 0 Å². The molecule has 1 aromatic carbocycles. The van der Waals surface area contributed by atoms with Crippen molar-refractivity contribution < 1.29 is 14.3 Å². The van der Waals surface area contributed by atoms with E-state index in [1.165, 1.54) is 5.56 Å². The Hall–Kier alpha value is -2.47. The van der Waals surface area contributed by atoms with Gasteiger partial charge in [0.25, 0.3) is 0 Å². The summed E-state index contributed by atoms with van der Waals surface area (Å²) in [4.78, 5) is 4.51. The number of aliphatic imine (C=N–C) groups is 1. The van der Waals surface area contributed by atoms with E-state index in [1.807, 2.05) is 32.0 Å². The van der Waals surface area contributed by atoms with Crippen LogP contribution in [0.2, 0.25) is 0 Å². The molecule has 0 aliphatic carbocycles. The number of hydrogen-bond donors (Lipinski definition) is 3. The van der Waals surface area contributed by atoms with Gasteiger partial charge >= 0.3 is 0 Å². The van der Waals surface area contributed by atoms with Crippen molar-refractivity contribution in [3.05, 3.63) is 53.5 Å². The Morgan fingerprint density at radius 1 is 1.19 bits per heavy atom. The van der Waals surface area contributed by atoms with Crippen LogP contribution in [0, 0.1) is 6.92 Å². The molecule has 0 saturated heterocycles. The number of aliphatic hydroxyl groups is 1. The summed E-state index contributed by atoms with van der Waals surface area (Å²) < 4.78 is 10.7. The van der Waals surface area contributed by atoms with E-state index in [4.69, 9.17) is 9.15 Å². The van der Waals surface area contributed by atoms with E-state index in [1.54, 1.807) is 20.1 Å². The van der Waals surface area contributed by atoms with Gasteiger partial charge in [-0.2, -0.15) is 0 Å². The molecule has 1 heterocycles. The number of aryl methyl sites for hydroxylation is 2. The summed E-state index contributed by atoms with van der Waals surface area (Å²) in [6.07, 6.45) is 1.95. The minimum atomic E-state index is -1.14. The molecule has 3 N–H and O–H groups in total. The molecule has 0 fully saturated rings. The van der Waals surface area contributed by atoms with Gasteiger partial charge in [0.15, 0.2) is 5.96 Å². The molecule has 6 nitrogen and oxygen atoms in total. The molecule has 2 aromatic rings. The molecule has 0 amide bonds. The second kappa shape index (κ2) is 10.0. The summed E-state index contributed by atoms with van der Waals surface area (Å²) in [5, 5.41) is 17.1. The number of rotatable bonds is 9. The fourth-order valence-corrected chi connectivity index (χ4v) is 2.67. The Morgan fingerprint density at radius 2 is 1.93 bits per heavy atom. The summed E-state index contributed by atoms with van der Waals surface area (Å²) >= 11 is 0. The molecule has 1 aromatic heterocycles. The molecule has 2 rings (SSSR count). The van der Waals surface area contributed by atoms with Crippen molar-refractivity contribution in [2.24, 2.45) is 4.99 Å². The quantitative estimate of drug-likeness (QED) is 0.358. The van der Waals surface area contributed by atoms with E-state index in [0.29, 0.717) is 11.7 Å². The summed E-state index contributed by atoms with van der Waals surface area (Å²) in [5.74, 6) is 2.87. The van der Waals surface area contributed by atoms with Crippen molar-refractivity contribution in [2.75, 3.05) is 26.7 Å². The number of guanidine groups is 1. The van der Waals surface area contributed by atoms with Crippen LogP contribution in [0.4, 0.5) is 0 Å². The maximum absolute atomic E-state index is 10.6. The Balaban J connectivity index is 1.83. The molecule has 0 aliphatic heterocycles. The topological polar surface area (TPSA) is 79.0 Å². The van der Waals surface area contributed by atoms with Crippen molar-refractivity contribution >= 4 is 5.96 Å². The molecule has 0 radical (unpaired) electrons. The molecule has 0 bridgehead atoms. The Kier molecular flexibility index (Phi) is 7.73. The summed E-state index contributed by atoms with van der Waals surface area (Å²) in [7, 11) is 1.67. The van der Waals surface area contributed by atoms with Crippen molar-refractivity contribution in [3.8, 4) is 5.75 Å². The molecule has 0 aliphatic rings. The number of furan rings is 1. The molecule has 0 spiro atoms. The smallest absolute Gasteiger partial charge is 0.191 e. The zero-order valence-electron chi connectivity index (χ0n) is 16.7. The summed E-state index contributed by atoms with van der Waals surface area (Å²) in [5.41, 5.74) is 0.135. The summed E-state index contributed by atoms with van der Waals surface area (Å²) in [6, 6.07) is 11.8. The van der Waals surface area contributed by atoms with Crippen molar-refractivity contribution in [1.82, 2.24) is 10.6 Å². The van der Waals surface area contributed by atoms with Crippen molar-refractivity contribution in [1.29, 1.82) is 0 Å². The largest absolute Gasteiger partial charge is 0.497 e. The highest BCUT2D eigenvalue weighted by molar-refractivity contribution is 5.79. The fraction of sp³-hybridized carbons (Fsp3) is 0.476. The summed E-state index contributed by atoms with van der Waals surface area (Å²) in [6.45, 7) is 7.35. The van der Waals surface area contributed by atoms with Gasteiger partial charge in [-0.05, 0) is 63.4 Å². The Bertz CT molecular complexity index is 721. The molecular formula is C21H31N3O3. The average molecular weight is 373 g/mol. The third kappa shape index (κ3) is 6.64. The standard InChI is InChI=1S/C21H31N3O3/c1-5-22-20(24-15-21(3,25)19-13-8-16(2)27-19)23-14-6-7-17-9-11-18(26-4)12-10-17/h8-13,25H,5-7,14-15H2,1-4H3,(H2,22,23,24). The number of nitrogens with zero attached hydrogens (tertiary/aromatic N) is 1. The highest BCUT2D eigenvalue weighted by atomic mass is 16.5. The fourth-order valence-electron chi connectivity index (χ4n) is 2.67. The Morgan fingerprint density at radius 3 is 2.52 bits per heavy atom. The maximum atomic E-state index is 10.6. The first-order chi connectivity index (χ1) is 12.9. The van der Waals surface area contributed by atoms with E-state index < -0.39 is 5.60 Å². The Labute approximate surface area is 161 Å². The van der Waals surface area contributed by atoms with E-state index in [-0.39, 0.29) is 6.54 Å². The second-order valence-corrected chi connectivity index (χ2v) is 6.76. The normalized spacial score (nSPS) is 13.9. The lowest BCUT2D eigenvalue weighted by molar-refractivity contribution is 0.0428. The van der Waals surface area contributed by atoms with Crippen LogP contribution in [0.1, 0.15) is 37.4 Å². The first-order valence-corrected chi connectivity index (χ1v) is 9.39. The monoisotopic (exact) mass is 373 g/mol. The number of ether oxygens (including phenoxy) is 1. The molecule has 0 saturated carbocycles. The van der Waals surface area contributed by atoms with Crippen LogP contribution in [0.25, 0.3) is 0 Å². The zero-order valence-corrected chi connectivity index (χ0v) is 16.7. The van der Waals surface area contributed by atoms with Crippen molar-refractivity contribution in [3.63, 3.8) is 0 Å². The second-order valence-electron chi connectivity index (χ2n) is 6.76. The zero-order chi connectivity index (χ0) is 19.7. The van der Waals surface area contributed by atoms with E-state index in [0.717, 1.165) is 37.4 Å². The predicted molar refractivity (Wildman–Crippen MR) is 108 cm³/mol. The van der Waals surface area contributed by atoms with Crippen LogP contribution in [0.5, 0.6) is 5.75 Å². The average Bonchev–Trinajstić information content (AvgIpc) is 3.11.